The van der Waals surface area contributed by atoms with E-state index in [-0.39, 0.29) is 25.0 Å². The third kappa shape index (κ3) is 4.66. The van der Waals surface area contributed by atoms with Crippen LogP contribution in [0.3, 0.4) is 0 Å². The number of carbonyl (C=O) groups is 2. The SMILES string of the molecule is CCOc1ccc([C@H](CC(=O)NCc2ccc3c(c2)OCO3)N2Cc3ccccc3C2=O)cc1OC. The van der Waals surface area contributed by atoms with E-state index in [9.17, 15) is 9.59 Å². The molecule has 0 saturated carbocycles. The molecule has 0 radical (unpaired) electrons. The van der Waals surface area contributed by atoms with Gasteiger partial charge < -0.3 is 29.2 Å². The first-order chi connectivity index (χ1) is 17.6. The highest BCUT2D eigenvalue weighted by atomic mass is 16.7. The molecule has 3 aromatic rings. The van der Waals surface area contributed by atoms with E-state index in [0.29, 0.717) is 48.3 Å². The van der Waals surface area contributed by atoms with Gasteiger partial charge in [-0.3, -0.25) is 9.59 Å². The van der Waals surface area contributed by atoms with E-state index in [0.717, 1.165) is 16.7 Å². The first-order valence-corrected chi connectivity index (χ1v) is 11.9. The van der Waals surface area contributed by atoms with Crippen LogP contribution in [0.2, 0.25) is 0 Å². The first-order valence-electron chi connectivity index (χ1n) is 11.9. The average molecular weight is 489 g/mol. The number of hydrogen-bond donors (Lipinski definition) is 1. The standard InChI is InChI=1S/C28H28N2O6/c1-3-34-23-11-9-19(13-25(23)33-2)22(30-16-20-6-4-5-7-21(20)28(30)32)14-27(31)29-15-18-8-10-24-26(12-18)36-17-35-24/h4-13,22H,3,14-17H2,1-2H3,(H,29,31)/t22-/m0/s1. The van der Waals surface area contributed by atoms with Crippen LogP contribution < -0.4 is 24.3 Å². The molecule has 1 atom stereocenters. The predicted octanol–water partition coefficient (Wildman–Crippen LogP) is 4.23. The molecular weight excluding hydrogens is 460 g/mol. The van der Waals surface area contributed by atoms with Gasteiger partial charge in [0, 0.05) is 18.7 Å². The van der Waals surface area contributed by atoms with Crippen molar-refractivity contribution in [3.05, 3.63) is 82.9 Å². The summed E-state index contributed by atoms with van der Waals surface area (Å²) in [6, 6.07) is 18.2. The van der Waals surface area contributed by atoms with E-state index in [1.807, 2.05) is 67.6 Å². The molecule has 0 unspecified atom stereocenters. The smallest absolute Gasteiger partial charge is 0.255 e. The number of hydrogen-bond acceptors (Lipinski definition) is 6. The quantitative estimate of drug-likeness (QED) is 0.485. The molecule has 8 heteroatoms. The highest BCUT2D eigenvalue weighted by molar-refractivity contribution is 5.98. The van der Waals surface area contributed by atoms with Gasteiger partial charge in [0.1, 0.15) is 0 Å². The lowest BCUT2D eigenvalue weighted by molar-refractivity contribution is -0.122. The van der Waals surface area contributed by atoms with Crippen LogP contribution in [0.1, 0.15) is 46.4 Å². The van der Waals surface area contributed by atoms with Crippen LogP contribution >= 0.6 is 0 Å². The Bertz CT molecular complexity index is 1290. The van der Waals surface area contributed by atoms with Crippen LogP contribution in [0.25, 0.3) is 0 Å². The molecular formula is C28H28N2O6. The summed E-state index contributed by atoms with van der Waals surface area (Å²) in [5, 5.41) is 2.98. The van der Waals surface area contributed by atoms with E-state index in [1.54, 1.807) is 12.0 Å². The van der Waals surface area contributed by atoms with Crippen molar-refractivity contribution in [1.82, 2.24) is 10.2 Å². The summed E-state index contributed by atoms with van der Waals surface area (Å²) in [5.74, 6) is 2.28. The van der Waals surface area contributed by atoms with Gasteiger partial charge in [-0.2, -0.15) is 0 Å². The molecule has 186 valence electrons. The van der Waals surface area contributed by atoms with Crippen LogP contribution in [0.5, 0.6) is 23.0 Å². The maximum absolute atomic E-state index is 13.3. The lowest BCUT2D eigenvalue weighted by Crippen LogP contribution is -2.34. The second kappa shape index (κ2) is 10.2. The Morgan fingerprint density at radius 3 is 2.69 bits per heavy atom. The number of nitrogens with one attached hydrogen (secondary N) is 1. The Labute approximate surface area is 209 Å². The first kappa shape index (κ1) is 23.5. The molecule has 0 saturated heterocycles. The minimum absolute atomic E-state index is 0.0907. The molecule has 36 heavy (non-hydrogen) atoms. The van der Waals surface area contributed by atoms with Gasteiger partial charge in [0.05, 0.1) is 26.2 Å². The van der Waals surface area contributed by atoms with Crippen LogP contribution in [-0.2, 0) is 17.9 Å². The van der Waals surface area contributed by atoms with E-state index < -0.39 is 6.04 Å². The van der Waals surface area contributed by atoms with Gasteiger partial charge in [0.15, 0.2) is 23.0 Å². The fraction of sp³-hybridized carbons (Fsp3) is 0.286. The normalized spacial score (nSPS) is 14.4. The predicted molar refractivity (Wildman–Crippen MR) is 132 cm³/mol. The molecule has 0 aromatic heterocycles. The number of amides is 2. The summed E-state index contributed by atoms with van der Waals surface area (Å²) in [6.45, 7) is 3.38. The van der Waals surface area contributed by atoms with Gasteiger partial charge in [0.2, 0.25) is 12.7 Å². The van der Waals surface area contributed by atoms with Crippen LogP contribution in [0, 0.1) is 0 Å². The molecule has 1 N–H and O–H groups in total. The molecule has 2 amide bonds. The summed E-state index contributed by atoms with van der Waals surface area (Å²) in [6.07, 6.45) is 0.0986. The van der Waals surface area contributed by atoms with Crippen LogP contribution in [0.15, 0.2) is 60.7 Å². The lowest BCUT2D eigenvalue weighted by Gasteiger charge is -2.28. The van der Waals surface area contributed by atoms with Crippen molar-refractivity contribution in [1.29, 1.82) is 0 Å². The van der Waals surface area contributed by atoms with Crippen molar-refractivity contribution in [2.45, 2.75) is 32.5 Å². The van der Waals surface area contributed by atoms with Crippen molar-refractivity contribution in [2.24, 2.45) is 0 Å². The maximum Gasteiger partial charge on any atom is 0.255 e. The van der Waals surface area contributed by atoms with E-state index >= 15 is 0 Å². The number of rotatable bonds is 9. The van der Waals surface area contributed by atoms with Crippen molar-refractivity contribution in [2.75, 3.05) is 20.5 Å². The van der Waals surface area contributed by atoms with Gasteiger partial charge in [-0.25, -0.2) is 0 Å². The third-order valence-electron chi connectivity index (χ3n) is 6.40. The Kier molecular flexibility index (Phi) is 6.66. The molecule has 2 heterocycles. The summed E-state index contributed by atoms with van der Waals surface area (Å²) in [4.78, 5) is 28.2. The topological polar surface area (TPSA) is 86.3 Å². The average Bonchev–Trinajstić information content (AvgIpc) is 3.50. The van der Waals surface area contributed by atoms with Crippen LogP contribution in [-0.4, -0.2) is 37.2 Å². The number of fused-ring (bicyclic) bond motifs is 2. The Morgan fingerprint density at radius 2 is 1.89 bits per heavy atom. The molecule has 0 aliphatic carbocycles. The number of nitrogens with zero attached hydrogens (tertiary/aromatic N) is 1. The Balaban J connectivity index is 1.37. The highest BCUT2D eigenvalue weighted by Crippen LogP contribution is 2.37. The zero-order valence-corrected chi connectivity index (χ0v) is 20.3. The summed E-state index contributed by atoms with van der Waals surface area (Å²) in [5.41, 5.74) is 3.32. The Hall–Kier alpha value is -4.20. The van der Waals surface area contributed by atoms with Crippen molar-refractivity contribution >= 4 is 11.8 Å². The van der Waals surface area contributed by atoms with Gasteiger partial charge in [-0.05, 0) is 53.9 Å². The second-order valence-electron chi connectivity index (χ2n) is 8.62. The second-order valence-corrected chi connectivity index (χ2v) is 8.62. The van der Waals surface area contributed by atoms with Crippen LogP contribution in [0.4, 0.5) is 0 Å². The van der Waals surface area contributed by atoms with E-state index in [1.165, 1.54) is 0 Å². The van der Waals surface area contributed by atoms with Gasteiger partial charge in [0.25, 0.3) is 5.91 Å². The molecule has 0 fully saturated rings. The largest absolute Gasteiger partial charge is 0.493 e. The summed E-state index contributed by atoms with van der Waals surface area (Å²) in [7, 11) is 1.57. The maximum atomic E-state index is 13.3. The van der Waals surface area contributed by atoms with Crippen molar-refractivity contribution < 1.29 is 28.5 Å². The lowest BCUT2D eigenvalue weighted by atomic mass is 10.0. The third-order valence-corrected chi connectivity index (χ3v) is 6.40. The molecule has 2 aliphatic heterocycles. The highest BCUT2D eigenvalue weighted by Gasteiger charge is 2.34. The molecule has 2 aliphatic rings. The zero-order valence-electron chi connectivity index (χ0n) is 20.3. The van der Waals surface area contributed by atoms with Crippen molar-refractivity contribution in [3.63, 3.8) is 0 Å². The van der Waals surface area contributed by atoms with E-state index in [4.69, 9.17) is 18.9 Å². The summed E-state index contributed by atoms with van der Waals surface area (Å²) < 4.78 is 22.0. The molecule has 5 rings (SSSR count). The number of methoxy groups -OCH3 is 1. The van der Waals surface area contributed by atoms with Gasteiger partial charge in [-0.1, -0.05) is 30.3 Å². The number of benzene rings is 3. The summed E-state index contributed by atoms with van der Waals surface area (Å²) >= 11 is 0. The monoisotopic (exact) mass is 488 g/mol. The number of ether oxygens (including phenoxy) is 4. The fourth-order valence-electron chi connectivity index (χ4n) is 4.60. The minimum Gasteiger partial charge on any atom is -0.493 e. The molecule has 0 bridgehead atoms. The van der Waals surface area contributed by atoms with Crippen molar-refractivity contribution in [3.8, 4) is 23.0 Å². The van der Waals surface area contributed by atoms with Gasteiger partial charge in [-0.15, -0.1) is 0 Å². The zero-order chi connectivity index (χ0) is 25.1. The molecule has 8 nitrogen and oxygen atoms in total. The van der Waals surface area contributed by atoms with Gasteiger partial charge >= 0.3 is 0 Å². The Morgan fingerprint density at radius 1 is 1.06 bits per heavy atom. The molecule has 3 aromatic carbocycles. The number of carbonyl (C=O) groups excluding carboxylic acids is 2. The van der Waals surface area contributed by atoms with E-state index in [2.05, 4.69) is 5.32 Å². The molecule has 0 spiro atoms. The fourth-order valence-corrected chi connectivity index (χ4v) is 4.60. The minimum atomic E-state index is -0.480.